The lowest BCUT2D eigenvalue weighted by molar-refractivity contribution is -0.0123. The third-order valence-electron chi connectivity index (χ3n) is 9.07. The SMILES string of the molecule is C[C@@H]1CCCCO[C@H](CN(C)C(=O)NC2CCCCC2)[C@@H](C)CN([C@H](C)CO)C(=O)c2cc(NC(=O)Nc3ccccc3)ccc2O1. The second kappa shape index (κ2) is 17.9. The summed E-state index contributed by atoms with van der Waals surface area (Å²) in [7, 11) is 1.79. The fourth-order valence-corrected chi connectivity index (χ4v) is 6.16. The Morgan fingerprint density at radius 2 is 1.68 bits per heavy atom. The van der Waals surface area contributed by atoms with Crippen LogP contribution in [0.2, 0.25) is 0 Å². The summed E-state index contributed by atoms with van der Waals surface area (Å²) in [6.45, 7) is 6.72. The number of hydrogen-bond acceptors (Lipinski definition) is 6. The number of aliphatic hydroxyl groups excluding tert-OH is 1. The molecule has 2 aromatic rings. The maximum Gasteiger partial charge on any atom is 0.323 e. The summed E-state index contributed by atoms with van der Waals surface area (Å²) >= 11 is 0. The molecule has 258 valence electrons. The van der Waals surface area contributed by atoms with Gasteiger partial charge in [-0.1, -0.05) is 44.4 Å². The van der Waals surface area contributed by atoms with Gasteiger partial charge in [0.25, 0.3) is 5.91 Å². The summed E-state index contributed by atoms with van der Waals surface area (Å²) in [5.41, 5.74) is 1.36. The maximum atomic E-state index is 14.3. The van der Waals surface area contributed by atoms with E-state index in [0.717, 1.165) is 44.9 Å². The van der Waals surface area contributed by atoms with Crippen molar-refractivity contribution in [2.45, 2.75) is 96.4 Å². The number of likely N-dealkylation sites (N-methyl/N-ethyl adjacent to an activating group) is 1. The van der Waals surface area contributed by atoms with E-state index >= 15 is 0 Å². The molecule has 4 N–H and O–H groups in total. The number of nitrogens with zero attached hydrogens (tertiary/aromatic N) is 2. The van der Waals surface area contributed by atoms with Crippen molar-refractivity contribution >= 4 is 29.3 Å². The number of anilines is 2. The van der Waals surface area contributed by atoms with Crippen LogP contribution in [0.5, 0.6) is 5.75 Å². The van der Waals surface area contributed by atoms with Gasteiger partial charge in [-0.2, -0.15) is 0 Å². The van der Waals surface area contributed by atoms with Gasteiger partial charge in [-0.3, -0.25) is 4.79 Å². The summed E-state index contributed by atoms with van der Waals surface area (Å²) in [6.07, 6.45) is 7.46. The van der Waals surface area contributed by atoms with Gasteiger partial charge >= 0.3 is 12.1 Å². The number of nitrogens with one attached hydrogen (secondary N) is 3. The average Bonchev–Trinajstić information content (AvgIpc) is 3.06. The fraction of sp³-hybridized carbons (Fsp3) is 0.583. The van der Waals surface area contributed by atoms with E-state index in [1.807, 2.05) is 32.0 Å². The molecule has 0 unspecified atom stereocenters. The minimum absolute atomic E-state index is 0.111. The standard InChI is InChI=1S/C36H53N5O6/c1-25-22-41(26(2)24-42)34(43)31-21-30(38-35(44)37-28-14-7-5-8-15-28)18-19-32(31)47-27(3)13-11-12-20-46-33(25)23-40(4)36(45)39-29-16-9-6-10-17-29/h5,7-8,14-15,18-19,21,25-27,29,33,42H,6,9-13,16-17,20,22-24H2,1-4H3,(H,39,45)(H2,37,38,44)/t25-,26+,27+,33+/m0/s1. The van der Waals surface area contributed by atoms with Gasteiger partial charge in [-0.15, -0.1) is 0 Å². The molecule has 1 heterocycles. The minimum atomic E-state index is -0.505. The molecule has 1 saturated carbocycles. The molecule has 47 heavy (non-hydrogen) atoms. The number of amides is 5. The highest BCUT2D eigenvalue weighted by Crippen LogP contribution is 2.29. The van der Waals surface area contributed by atoms with E-state index in [-0.39, 0.29) is 49.3 Å². The quantitative estimate of drug-likeness (QED) is 0.286. The number of benzene rings is 2. The van der Waals surface area contributed by atoms with E-state index in [1.165, 1.54) is 6.42 Å². The number of ether oxygens (including phenoxy) is 2. The largest absolute Gasteiger partial charge is 0.490 e. The van der Waals surface area contributed by atoms with E-state index in [2.05, 4.69) is 16.0 Å². The topological polar surface area (TPSA) is 132 Å². The number of fused-ring (bicyclic) bond motifs is 1. The molecule has 0 radical (unpaired) electrons. The third-order valence-corrected chi connectivity index (χ3v) is 9.07. The predicted molar refractivity (Wildman–Crippen MR) is 184 cm³/mol. The van der Waals surface area contributed by atoms with Gasteiger partial charge < -0.3 is 40.3 Å². The lowest BCUT2D eigenvalue weighted by Gasteiger charge is -2.36. The molecule has 0 saturated heterocycles. The van der Waals surface area contributed by atoms with Crippen LogP contribution in [0.3, 0.4) is 0 Å². The molecule has 2 aliphatic rings. The van der Waals surface area contributed by atoms with Gasteiger partial charge in [-0.25, -0.2) is 9.59 Å². The van der Waals surface area contributed by atoms with Crippen molar-refractivity contribution in [2.24, 2.45) is 5.92 Å². The summed E-state index contributed by atoms with van der Waals surface area (Å²) in [5.74, 6) is -0.0720. The van der Waals surface area contributed by atoms with Crippen molar-refractivity contribution < 1.29 is 29.0 Å². The smallest absolute Gasteiger partial charge is 0.323 e. The van der Waals surface area contributed by atoms with Crippen LogP contribution in [0.4, 0.5) is 21.0 Å². The normalized spacial score (nSPS) is 22.2. The van der Waals surface area contributed by atoms with Gasteiger partial charge in [0.15, 0.2) is 0 Å². The lowest BCUT2D eigenvalue weighted by atomic mass is 9.96. The number of hydrogen-bond donors (Lipinski definition) is 4. The van der Waals surface area contributed by atoms with Crippen molar-refractivity contribution in [3.05, 3.63) is 54.1 Å². The molecule has 0 aromatic heterocycles. The monoisotopic (exact) mass is 651 g/mol. The van der Waals surface area contributed by atoms with Crippen LogP contribution >= 0.6 is 0 Å². The van der Waals surface area contributed by atoms with Gasteiger partial charge in [0.1, 0.15) is 5.75 Å². The number of carbonyl (C=O) groups is 3. The van der Waals surface area contributed by atoms with Crippen LogP contribution in [-0.4, -0.2) is 90.5 Å². The van der Waals surface area contributed by atoms with Crippen LogP contribution in [0.15, 0.2) is 48.5 Å². The minimum Gasteiger partial charge on any atom is -0.490 e. The first-order valence-electron chi connectivity index (χ1n) is 17.1. The Morgan fingerprint density at radius 1 is 0.979 bits per heavy atom. The molecule has 0 bridgehead atoms. The molecule has 5 amide bonds. The molecule has 4 atom stereocenters. The Labute approximate surface area is 279 Å². The first-order chi connectivity index (χ1) is 22.6. The Balaban J connectivity index is 1.56. The molecular formula is C36H53N5O6. The van der Waals surface area contributed by atoms with E-state index < -0.39 is 12.1 Å². The molecule has 0 spiro atoms. The van der Waals surface area contributed by atoms with Crippen LogP contribution in [0.25, 0.3) is 0 Å². The van der Waals surface area contributed by atoms with E-state index in [4.69, 9.17) is 9.47 Å². The van der Waals surface area contributed by atoms with E-state index in [9.17, 15) is 19.5 Å². The zero-order valence-corrected chi connectivity index (χ0v) is 28.4. The molecular weight excluding hydrogens is 598 g/mol. The Bertz CT molecular complexity index is 1300. The molecule has 1 fully saturated rings. The van der Waals surface area contributed by atoms with Crippen molar-refractivity contribution in [1.82, 2.24) is 15.1 Å². The summed E-state index contributed by atoms with van der Waals surface area (Å²) in [5, 5.41) is 19.0. The lowest BCUT2D eigenvalue weighted by Crippen LogP contribution is -2.50. The number of urea groups is 2. The Hall–Kier alpha value is -3.83. The van der Waals surface area contributed by atoms with Crippen molar-refractivity contribution in [3.63, 3.8) is 0 Å². The first kappa shape index (κ1) is 36.0. The zero-order valence-electron chi connectivity index (χ0n) is 28.4. The van der Waals surface area contributed by atoms with E-state index in [1.54, 1.807) is 54.1 Å². The average molecular weight is 652 g/mol. The zero-order chi connectivity index (χ0) is 33.8. The molecule has 1 aliphatic heterocycles. The second-order valence-electron chi connectivity index (χ2n) is 13.1. The van der Waals surface area contributed by atoms with Crippen LogP contribution in [0.1, 0.15) is 82.5 Å². The van der Waals surface area contributed by atoms with Crippen molar-refractivity contribution in [2.75, 3.05) is 44.0 Å². The summed E-state index contributed by atoms with van der Waals surface area (Å²) in [6, 6.07) is 13.3. The summed E-state index contributed by atoms with van der Waals surface area (Å²) < 4.78 is 12.7. The molecule has 11 nitrogen and oxygen atoms in total. The fourth-order valence-electron chi connectivity index (χ4n) is 6.16. The highest BCUT2D eigenvalue weighted by Gasteiger charge is 2.31. The summed E-state index contributed by atoms with van der Waals surface area (Å²) in [4.78, 5) is 43.6. The Morgan fingerprint density at radius 3 is 2.40 bits per heavy atom. The Kier molecular flexibility index (Phi) is 13.7. The van der Waals surface area contributed by atoms with Crippen LogP contribution < -0.4 is 20.7 Å². The van der Waals surface area contributed by atoms with Crippen molar-refractivity contribution in [3.8, 4) is 5.75 Å². The third kappa shape index (κ3) is 10.9. The number of rotatable bonds is 7. The molecule has 11 heteroatoms. The number of aliphatic hydroxyl groups is 1. The highest BCUT2D eigenvalue weighted by atomic mass is 16.5. The van der Waals surface area contributed by atoms with E-state index in [0.29, 0.717) is 35.8 Å². The van der Waals surface area contributed by atoms with Gasteiger partial charge in [-0.05, 0) is 76.3 Å². The molecule has 4 rings (SSSR count). The predicted octanol–water partition coefficient (Wildman–Crippen LogP) is 6.10. The van der Waals surface area contributed by atoms with Crippen LogP contribution in [0, 0.1) is 5.92 Å². The number of para-hydroxylation sites is 1. The van der Waals surface area contributed by atoms with Crippen molar-refractivity contribution in [1.29, 1.82) is 0 Å². The molecule has 2 aromatic carbocycles. The van der Waals surface area contributed by atoms with Gasteiger partial charge in [0.05, 0.1) is 30.4 Å². The van der Waals surface area contributed by atoms with Gasteiger partial charge in [0, 0.05) is 50.1 Å². The second-order valence-corrected chi connectivity index (χ2v) is 13.1. The number of carbonyl (C=O) groups excluding carboxylic acids is 3. The first-order valence-corrected chi connectivity index (χ1v) is 17.1. The molecule has 1 aliphatic carbocycles. The maximum absolute atomic E-state index is 14.3. The highest BCUT2D eigenvalue weighted by molar-refractivity contribution is 6.02. The van der Waals surface area contributed by atoms with Crippen LogP contribution in [-0.2, 0) is 4.74 Å². The van der Waals surface area contributed by atoms with Gasteiger partial charge in [0.2, 0.25) is 0 Å².